The molecule has 0 fully saturated rings. The summed E-state index contributed by atoms with van der Waals surface area (Å²) in [5.41, 5.74) is 0.235. The van der Waals surface area contributed by atoms with E-state index in [1.165, 1.54) is 0 Å². The Hall–Kier alpha value is -1.62. The lowest BCUT2D eigenvalue weighted by Gasteiger charge is -1.95. The first-order valence-corrected chi connectivity index (χ1v) is 6.25. The average molecular weight is 252 g/mol. The fraction of sp³-hybridized carbons (Fsp3) is 0.250. The van der Waals surface area contributed by atoms with Crippen molar-refractivity contribution in [2.45, 2.75) is 18.4 Å². The van der Waals surface area contributed by atoms with Crippen molar-refractivity contribution in [1.82, 2.24) is 0 Å². The van der Waals surface area contributed by atoms with E-state index in [2.05, 4.69) is 0 Å². The largest absolute Gasteiger partial charge is 0.478 e. The van der Waals surface area contributed by atoms with E-state index in [0.29, 0.717) is 17.3 Å². The van der Waals surface area contributed by atoms with Crippen LogP contribution in [0.15, 0.2) is 33.3 Å². The summed E-state index contributed by atoms with van der Waals surface area (Å²) in [6.07, 6.45) is 1.63. The van der Waals surface area contributed by atoms with Gasteiger partial charge in [-0.3, -0.25) is 0 Å². The second-order valence-electron chi connectivity index (χ2n) is 3.56. The number of carbonyl (C=O) groups is 1. The van der Waals surface area contributed by atoms with Gasteiger partial charge in [0, 0.05) is 0 Å². The minimum absolute atomic E-state index is 0.235. The van der Waals surface area contributed by atoms with Gasteiger partial charge < -0.3 is 13.9 Å². The monoisotopic (exact) mass is 252 g/mol. The van der Waals surface area contributed by atoms with Crippen LogP contribution in [-0.2, 0) is 11.5 Å². The normalized spacial score (nSPS) is 10.6. The molecule has 2 aromatic rings. The van der Waals surface area contributed by atoms with Crippen molar-refractivity contribution < 1.29 is 18.7 Å². The first kappa shape index (κ1) is 11.9. The molecule has 0 aromatic carbocycles. The van der Waals surface area contributed by atoms with Crippen LogP contribution >= 0.6 is 11.8 Å². The van der Waals surface area contributed by atoms with Gasteiger partial charge in [0.25, 0.3) is 0 Å². The van der Waals surface area contributed by atoms with Gasteiger partial charge in [-0.15, -0.1) is 11.8 Å². The van der Waals surface area contributed by atoms with Crippen molar-refractivity contribution in [3.05, 3.63) is 47.3 Å². The zero-order valence-electron chi connectivity index (χ0n) is 9.30. The van der Waals surface area contributed by atoms with Gasteiger partial charge in [0.15, 0.2) is 0 Å². The quantitative estimate of drug-likeness (QED) is 0.884. The van der Waals surface area contributed by atoms with Gasteiger partial charge in [0.05, 0.1) is 17.8 Å². The van der Waals surface area contributed by atoms with Crippen LogP contribution in [0.3, 0.4) is 0 Å². The smallest absolute Gasteiger partial charge is 0.339 e. The Morgan fingerprint density at radius 3 is 2.76 bits per heavy atom. The summed E-state index contributed by atoms with van der Waals surface area (Å²) in [4.78, 5) is 10.8. The number of carboxylic acid groups (broad SMARTS) is 1. The number of aryl methyl sites for hydroxylation is 1. The van der Waals surface area contributed by atoms with E-state index in [9.17, 15) is 4.79 Å². The van der Waals surface area contributed by atoms with E-state index in [-0.39, 0.29) is 5.56 Å². The summed E-state index contributed by atoms with van der Waals surface area (Å²) in [7, 11) is 0. The first-order valence-electron chi connectivity index (χ1n) is 5.09. The topological polar surface area (TPSA) is 63.6 Å². The standard InChI is InChI=1S/C12H12O4S/c1-8-11(12(13)14)5-10(16-8)7-17-6-9-3-2-4-15-9/h2-5H,6-7H2,1H3,(H,13,14). The second-order valence-corrected chi connectivity index (χ2v) is 4.55. The highest BCUT2D eigenvalue weighted by atomic mass is 32.2. The molecular weight excluding hydrogens is 240 g/mol. The van der Waals surface area contributed by atoms with Crippen molar-refractivity contribution in [2.75, 3.05) is 0 Å². The lowest BCUT2D eigenvalue weighted by Crippen LogP contribution is -1.94. The summed E-state index contributed by atoms with van der Waals surface area (Å²) >= 11 is 1.62. The van der Waals surface area contributed by atoms with Crippen LogP contribution in [0.25, 0.3) is 0 Å². The summed E-state index contributed by atoms with van der Waals surface area (Å²) in [5, 5.41) is 8.87. The maximum absolute atomic E-state index is 10.8. The van der Waals surface area contributed by atoms with Gasteiger partial charge >= 0.3 is 5.97 Å². The van der Waals surface area contributed by atoms with E-state index in [1.807, 2.05) is 12.1 Å². The third-order valence-electron chi connectivity index (χ3n) is 2.27. The molecule has 0 saturated carbocycles. The third-order valence-corrected chi connectivity index (χ3v) is 3.25. The number of hydrogen-bond donors (Lipinski definition) is 1. The van der Waals surface area contributed by atoms with Crippen molar-refractivity contribution in [3.8, 4) is 0 Å². The molecule has 0 aliphatic carbocycles. The van der Waals surface area contributed by atoms with Gasteiger partial charge in [-0.1, -0.05) is 0 Å². The molecule has 0 amide bonds. The molecule has 2 heterocycles. The maximum Gasteiger partial charge on any atom is 0.339 e. The van der Waals surface area contributed by atoms with E-state index < -0.39 is 5.97 Å². The minimum atomic E-state index is -0.950. The molecule has 1 N–H and O–H groups in total. The van der Waals surface area contributed by atoms with Gasteiger partial charge in [-0.25, -0.2) is 4.79 Å². The molecule has 0 unspecified atom stereocenters. The first-order chi connectivity index (χ1) is 8.16. The zero-order chi connectivity index (χ0) is 12.3. The highest BCUT2D eigenvalue weighted by molar-refractivity contribution is 7.97. The lowest BCUT2D eigenvalue weighted by molar-refractivity contribution is 0.0695. The highest BCUT2D eigenvalue weighted by Crippen LogP contribution is 2.22. The van der Waals surface area contributed by atoms with Crippen LogP contribution < -0.4 is 0 Å². The van der Waals surface area contributed by atoms with Crippen molar-refractivity contribution in [1.29, 1.82) is 0 Å². The molecule has 2 rings (SSSR count). The van der Waals surface area contributed by atoms with E-state index in [4.69, 9.17) is 13.9 Å². The predicted molar refractivity (Wildman–Crippen MR) is 64.1 cm³/mol. The molecule has 0 spiro atoms. The molecule has 2 aromatic heterocycles. The van der Waals surface area contributed by atoms with Crippen molar-refractivity contribution in [3.63, 3.8) is 0 Å². The van der Waals surface area contributed by atoms with Gasteiger partial charge in [0.1, 0.15) is 22.8 Å². The summed E-state index contributed by atoms with van der Waals surface area (Å²) in [6, 6.07) is 5.32. The molecule has 0 saturated heterocycles. The Kier molecular flexibility index (Phi) is 3.58. The van der Waals surface area contributed by atoms with Crippen LogP contribution in [-0.4, -0.2) is 11.1 Å². The molecule has 17 heavy (non-hydrogen) atoms. The van der Waals surface area contributed by atoms with E-state index in [0.717, 1.165) is 11.5 Å². The minimum Gasteiger partial charge on any atom is -0.478 e. The Bertz CT molecular complexity index is 499. The zero-order valence-corrected chi connectivity index (χ0v) is 10.1. The number of aromatic carboxylic acids is 1. The van der Waals surface area contributed by atoms with Crippen LogP contribution in [0, 0.1) is 6.92 Å². The Morgan fingerprint density at radius 2 is 2.18 bits per heavy atom. The summed E-state index contributed by atoms with van der Waals surface area (Å²) in [6.45, 7) is 1.66. The summed E-state index contributed by atoms with van der Waals surface area (Å²) in [5.74, 6) is 2.46. The van der Waals surface area contributed by atoms with E-state index in [1.54, 1.807) is 31.0 Å². The Morgan fingerprint density at radius 1 is 1.41 bits per heavy atom. The molecule has 5 heteroatoms. The van der Waals surface area contributed by atoms with Gasteiger partial charge in [0.2, 0.25) is 0 Å². The molecule has 0 atom stereocenters. The van der Waals surface area contributed by atoms with Crippen LogP contribution in [0.5, 0.6) is 0 Å². The predicted octanol–water partition coefficient (Wildman–Crippen LogP) is 3.31. The number of furan rings is 2. The molecule has 0 aliphatic rings. The SMILES string of the molecule is Cc1oc(CSCc2ccco2)cc1C(=O)O. The molecule has 0 radical (unpaired) electrons. The van der Waals surface area contributed by atoms with Gasteiger partial charge in [-0.05, 0) is 25.1 Å². The van der Waals surface area contributed by atoms with Crippen LogP contribution in [0.1, 0.15) is 27.6 Å². The number of rotatable bonds is 5. The maximum atomic E-state index is 10.8. The molecule has 90 valence electrons. The van der Waals surface area contributed by atoms with Crippen LogP contribution in [0.2, 0.25) is 0 Å². The van der Waals surface area contributed by atoms with Gasteiger partial charge in [-0.2, -0.15) is 0 Å². The molecule has 0 aliphatic heterocycles. The Labute approximate surface area is 103 Å². The highest BCUT2D eigenvalue weighted by Gasteiger charge is 2.13. The molecular formula is C12H12O4S. The molecule has 4 nitrogen and oxygen atoms in total. The summed E-state index contributed by atoms with van der Waals surface area (Å²) < 4.78 is 10.6. The van der Waals surface area contributed by atoms with Crippen molar-refractivity contribution >= 4 is 17.7 Å². The van der Waals surface area contributed by atoms with E-state index >= 15 is 0 Å². The number of thioether (sulfide) groups is 1. The third kappa shape index (κ3) is 2.94. The lowest BCUT2D eigenvalue weighted by atomic mass is 10.2. The number of hydrogen-bond acceptors (Lipinski definition) is 4. The fourth-order valence-corrected chi connectivity index (χ4v) is 2.29. The van der Waals surface area contributed by atoms with Crippen LogP contribution in [0.4, 0.5) is 0 Å². The second kappa shape index (κ2) is 5.14. The Balaban J connectivity index is 1.91. The average Bonchev–Trinajstić information content (AvgIpc) is 2.88. The fourth-order valence-electron chi connectivity index (χ4n) is 1.47. The number of carboxylic acids is 1. The molecule has 0 bridgehead atoms. The van der Waals surface area contributed by atoms with Crippen molar-refractivity contribution in [2.24, 2.45) is 0 Å².